The third-order valence-corrected chi connectivity index (χ3v) is 5.59. The zero-order valence-electron chi connectivity index (χ0n) is 8.95. The van der Waals surface area contributed by atoms with Crippen molar-refractivity contribution in [3.8, 4) is 0 Å². The lowest BCUT2D eigenvalue weighted by atomic mass is 10.3. The first-order valence-corrected chi connectivity index (χ1v) is 6.90. The molecule has 1 aliphatic heterocycles. The largest absolute Gasteiger partial charge is 0.342 e. The van der Waals surface area contributed by atoms with Crippen LogP contribution in [0.3, 0.4) is 0 Å². The highest BCUT2D eigenvalue weighted by Gasteiger charge is 2.44. The van der Waals surface area contributed by atoms with Gasteiger partial charge in [-0.3, -0.25) is 0 Å². The number of hydrogen-bond acceptors (Lipinski definition) is 4. The molecule has 0 amide bonds. The average molecular weight is 261 g/mol. The lowest BCUT2D eigenvalue weighted by molar-refractivity contribution is 0.319. The molecule has 0 aromatic carbocycles. The quantitative estimate of drug-likeness (QED) is 0.594. The predicted octanol–water partition coefficient (Wildman–Crippen LogP) is 3.81. The van der Waals surface area contributed by atoms with Gasteiger partial charge in [-0.05, 0) is 20.8 Å². The second-order valence-electron chi connectivity index (χ2n) is 3.39. The summed E-state index contributed by atoms with van der Waals surface area (Å²) >= 11 is 9.98. The Labute approximate surface area is 103 Å². The van der Waals surface area contributed by atoms with Crippen LogP contribution in [-0.2, 0) is 4.33 Å². The molecule has 1 aliphatic rings. The third-order valence-electron chi connectivity index (χ3n) is 2.56. The Morgan fingerprint density at radius 3 is 2.80 bits per heavy atom. The van der Waals surface area contributed by atoms with Crippen molar-refractivity contribution in [1.29, 1.82) is 0 Å². The number of thiazole rings is 1. The van der Waals surface area contributed by atoms with Crippen molar-refractivity contribution in [3.05, 3.63) is 27.2 Å². The molecule has 0 bridgehead atoms. The maximum atomic E-state index is 6.69. The summed E-state index contributed by atoms with van der Waals surface area (Å²) in [5, 5.41) is 2.93. The number of hydrogen-bond donors (Lipinski definition) is 0. The van der Waals surface area contributed by atoms with E-state index < -0.39 is 4.33 Å². The number of thioether (sulfide) groups is 1. The van der Waals surface area contributed by atoms with Crippen LogP contribution in [0.4, 0.5) is 0 Å². The predicted molar refractivity (Wildman–Crippen MR) is 68.0 cm³/mol. The second kappa shape index (κ2) is 4.00. The molecule has 5 heteroatoms. The summed E-state index contributed by atoms with van der Waals surface area (Å²) in [6.07, 6.45) is 1.81. The Hall–Kier alpha value is -0.190. The molecular formula is C10H13ClN2S2. The van der Waals surface area contributed by atoms with Gasteiger partial charge in [0, 0.05) is 28.7 Å². The molecule has 1 aromatic heterocycles. The molecule has 0 saturated carbocycles. The monoisotopic (exact) mass is 260 g/mol. The van der Waals surface area contributed by atoms with Gasteiger partial charge in [-0.25, -0.2) is 4.98 Å². The van der Waals surface area contributed by atoms with Crippen molar-refractivity contribution in [2.75, 3.05) is 6.54 Å². The maximum Gasteiger partial charge on any atom is 0.218 e. The summed E-state index contributed by atoms with van der Waals surface area (Å²) in [6, 6.07) is 0. The van der Waals surface area contributed by atoms with Crippen LogP contribution in [0, 0.1) is 0 Å². The first kappa shape index (κ1) is 11.3. The number of nitrogens with zero attached hydrogens (tertiary/aromatic N) is 2. The van der Waals surface area contributed by atoms with E-state index in [1.165, 1.54) is 10.6 Å². The Bertz CT molecular complexity index is 388. The molecule has 0 aliphatic carbocycles. The van der Waals surface area contributed by atoms with E-state index in [0.717, 1.165) is 11.6 Å². The van der Waals surface area contributed by atoms with E-state index in [1.54, 1.807) is 23.1 Å². The molecular weight excluding hydrogens is 248 g/mol. The SMILES string of the molecule is CCN1C(C)=C(C)SC1(Cl)c1nccs1. The lowest BCUT2D eigenvalue weighted by Crippen LogP contribution is -2.34. The van der Waals surface area contributed by atoms with Gasteiger partial charge in [-0.15, -0.1) is 11.3 Å². The Morgan fingerprint density at radius 1 is 1.53 bits per heavy atom. The van der Waals surface area contributed by atoms with Crippen LogP contribution in [0.25, 0.3) is 0 Å². The molecule has 0 spiro atoms. The van der Waals surface area contributed by atoms with Gasteiger partial charge >= 0.3 is 0 Å². The van der Waals surface area contributed by atoms with Gasteiger partial charge in [0.05, 0.1) is 0 Å². The summed E-state index contributed by atoms with van der Waals surface area (Å²) in [6.45, 7) is 7.25. The molecule has 15 heavy (non-hydrogen) atoms. The van der Waals surface area contributed by atoms with E-state index in [1.807, 2.05) is 11.6 Å². The zero-order chi connectivity index (χ0) is 11.1. The van der Waals surface area contributed by atoms with Crippen LogP contribution in [0.5, 0.6) is 0 Å². The molecule has 0 saturated heterocycles. The molecule has 2 nitrogen and oxygen atoms in total. The van der Waals surface area contributed by atoms with Crippen LogP contribution in [0.1, 0.15) is 25.8 Å². The summed E-state index contributed by atoms with van der Waals surface area (Å²) < 4.78 is -0.517. The minimum absolute atomic E-state index is 0.517. The normalized spacial score (nSPS) is 26.5. The maximum absolute atomic E-state index is 6.69. The molecule has 2 heterocycles. The van der Waals surface area contributed by atoms with E-state index in [-0.39, 0.29) is 0 Å². The van der Waals surface area contributed by atoms with Gasteiger partial charge in [0.1, 0.15) is 5.01 Å². The van der Waals surface area contributed by atoms with E-state index in [9.17, 15) is 0 Å². The zero-order valence-corrected chi connectivity index (χ0v) is 11.3. The summed E-state index contributed by atoms with van der Waals surface area (Å²) in [7, 11) is 0. The van der Waals surface area contributed by atoms with Crippen molar-refractivity contribution >= 4 is 34.7 Å². The molecule has 1 atom stereocenters. The van der Waals surface area contributed by atoms with E-state index in [0.29, 0.717) is 0 Å². The number of halogens is 1. The fourth-order valence-corrected chi connectivity index (χ4v) is 4.57. The van der Waals surface area contributed by atoms with Crippen molar-refractivity contribution in [1.82, 2.24) is 9.88 Å². The van der Waals surface area contributed by atoms with Crippen molar-refractivity contribution < 1.29 is 0 Å². The topological polar surface area (TPSA) is 16.1 Å². The number of alkyl halides is 1. The van der Waals surface area contributed by atoms with E-state index >= 15 is 0 Å². The number of rotatable bonds is 2. The number of allylic oxidation sites excluding steroid dienone is 2. The highest BCUT2D eigenvalue weighted by atomic mass is 35.5. The Kier molecular flexibility index (Phi) is 3.01. The molecule has 2 rings (SSSR count). The van der Waals surface area contributed by atoms with Gasteiger partial charge in [0.15, 0.2) is 0 Å². The first-order chi connectivity index (χ1) is 7.09. The van der Waals surface area contributed by atoms with E-state index in [2.05, 4.69) is 30.7 Å². The van der Waals surface area contributed by atoms with Crippen LogP contribution >= 0.6 is 34.7 Å². The van der Waals surface area contributed by atoms with Crippen LogP contribution in [-0.4, -0.2) is 16.4 Å². The lowest BCUT2D eigenvalue weighted by Gasteiger charge is -2.32. The van der Waals surface area contributed by atoms with Gasteiger partial charge in [0.25, 0.3) is 0 Å². The minimum atomic E-state index is -0.517. The Balaban J connectivity index is 2.40. The van der Waals surface area contributed by atoms with Gasteiger partial charge in [-0.1, -0.05) is 23.4 Å². The summed E-state index contributed by atoms with van der Waals surface area (Å²) in [5.74, 6) is 0. The summed E-state index contributed by atoms with van der Waals surface area (Å²) in [4.78, 5) is 7.82. The fraction of sp³-hybridized carbons (Fsp3) is 0.500. The minimum Gasteiger partial charge on any atom is -0.342 e. The highest BCUT2D eigenvalue weighted by molar-refractivity contribution is 8.05. The first-order valence-electron chi connectivity index (χ1n) is 4.82. The van der Waals surface area contributed by atoms with Crippen LogP contribution in [0.2, 0.25) is 0 Å². The molecule has 0 radical (unpaired) electrons. The standard InChI is InChI=1S/C10H13ClN2S2/c1-4-13-7(2)8(3)15-10(13,11)9-12-5-6-14-9/h5-6H,4H2,1-3H3. The highest BCUT2D eigenvalue weighted by Crippen LogP contribution is 2.55. The van der Waals surface area contributed by atoms with Crippen LogP contribution in [0.15, 0.2) is 22.2 Å². The van der Waals surface area contributed by atoms with Gasteiger partial charge in [0.2, 0.25) is 4.33 Å². The molecule has 82 valence electrons. The Morgan fingerprint density at radius 2 is 2.27 bits per heavy atom. The summed E-state index contributed by atoms with van der Waals surface area (Å²) in [5.41, 5.74) is 1.26. The van der Waals surface area contributed by atoms with Crippen molar-refractivity contribution in [2.24, 2.45) is 0 Å². The van der Waals surface area contributed by atoms with Crippen molar-refractivity contribution in [3.63, 3.8) is 0 Å². The van der Waals surface area contributed by atoms with Gasteiger partial charge in [-0.2, -0.15) is 0 Å². The van der Waals surface area contributed by atoms with Crippen molar-refractivity contribution in [2.45, 2.75) is 25.1 Å². The smallest absolute Gasteiger partial charge is 0.218 e. The molecule has 0 fully saturated rings. The molecule has 0 N–H and O–H groups in total. The third kappa shape index (κ3) is 1.69. The molecule has 1 unspecified atom stereocenters. The fourth-order valence-electron chi connectivity index (χ4n) is 1.71. The second-order valence-corrected chi connectivity index (χ2v) is 6.46. The van der Waals surface area contributed by atoms with E-state index in [4.69, 9.17) is 11.6 Å². The van der Waals surface area contributed by atoms with Gasteiger partial charge < -0.3 is 4.90 Å². The average Bonchev–Trinajstić information content (AvgIpc) is 2.76. The number of aromatic nitrogens is 1. The van der Waals surface area contributed by atoms with Crippen LogP contribution < -0.4 is 0 Å². The molecule has 1 aromatic rings.